The van der Waals surface area contributed by atoms with Gasteiger partial charge in [0.25, 0.3) is 5.89 Å². The first kappa shape index (κ1) is 13.6. The fraction of sp³-hybridized carbons (Fsp3) is 0.250. The summed E-state index contributed by atoms with van der Waals surface area (Å²) in [7, 11) is 1.87. The van der Waals surface area contributed by atoms with Crippen molar-refractivity contribution < 1.29 is 8.83 Å². The Bertz CT molecular complexity index is 731. The normalized spacial score (nSPS) is 12.5. The predicted octanol–water partition coefficient (Wildman–Crippen LogP) is 3.26. The standard InChI is InChI=1S/C16H17N3O2/c1-10-9-13(11(2)20-10)15-18-19-16(21-15)14(17-3)12-7-5-4-6-8-12/h4-9,14,17H,1-3H3. The van der Waals surface area contributed by atoms with Crippen molar-refractivity contribution in [1.29, 1.82) is 0 Å². The second-order valence-electron chi connectivity index (χ2n) is 4.90. The fourth-order valence-electron chi connectivity index (χ4n) is 2.38. The van der Waals surface area contributed by atoms with Crippen molar-refractivity contribution in [3.05, 3.63) is 59.4 Å². The molecule has 0 bridgehead atoms. The number of rotatable bonds is 4. The zero-order chi connectivity index (χ0) is 14.8. The van der Waals surface area contributed by atoms with E-state index in [1.807, 2.05) is 57.3 Å². The summed E-state index contributed by atoms with van der Waals surface area (Å²) < 4.78 is 11.3. The van der Waals surface area contributed by atoms with Gasteiger partial charge in [-0.3, -0.25) is 0 Å². The number of hydrogen-bond acceptors (Lipinski definition) is 5. The van der Waals surface area contributed by atoms with Gasteiger partial charge in [0, 0.05) is 0 Å². The molecule has 0 aliphatic rings. The molecule has 3 aromatic rings. The van der Waals surface area contributed by atoms with Crippen LogP contribution in [0.1, 0.15) is 29.0 Å². The Morgan fingerprint density at radius 1 is 1.05 bits per heavy atom. The van der Waals surface area contributed by atoms with Gasteiger partial charge < -0.3 is 14.2 Å². The van der Waals surface area contributed by atoms with Gasteiger partial charge in [0.1, 0.15) is 17.6 Å². The van der Waals surface area contributed by atoms with E-state index >= 15 is 0 Å². The summed E-state index contributed by atoms with van der Waals surface area (Å²) in [6, 6.07) is 11.8. The van der Waals surface area contributed by atoms with Crippen molar-refractivity contribution in [2.75, 3.05) is 7.05 Å². The first-order chi connectivity index (χ1) is 10.2. The Kier molecular flexibility index (Phi) is 3.58. The largest absolute Gasteiger partial charge is 0.466 e. The van der Waals surface area contributed by atoms with Crippen molar-refractivity contribution in [2.24, 2.45) is 0 Å². The molecule has 0 aliphatic carbocycles. The Balaban J connectivity index is 1.95. The maximum Gasteiger partial charge on any atom is 0.251 e. The quantitative estimate of drug-likeness (QED) is 0.796. The number of aryl methyl sites for hydroxylation is 2. The molecule has 1 unspecified atom stereocenters. The maximum absolute atomic E-state index is 5.83. The molecule has 0 saturated heterocycles. The molecule has 0 amide bonds. The van der Waals surface area contributed by atoms with Crippen LogP contribution in [0.2, 0.25) is 0 Å². The molecule has 0 aliphatic heterocycles. The van der Waals surface area contributed by atoms with Gasteiger partial charge in [0.05, 0.1) is 5.56 Å². The van der Waals surface area contributed by atoms with E-state index in [1.54, 1.807) is 0 Å². The lowest BCUT2D eigenvalue weighted by molar-refractivity contribution is 0.454. The van der Waals surface area contributed by atoms with Crippen molar-refractivity contribution in [2.45, 2.75) is 19.9 Å². The van der Waals surface area contributed by atoms with Crippen LogP contribution in [0.4, 0.5) is 0 Å². The van der Waals surface area contributed by atoms with Crippen molar-refractivity contribution >= 4 is 0 Å². The first-order valence-corrected chi connectivity index (χ1v) is 6.82. The highest BCUT2D eigenvalue weighted by Gasteiger charge is 2.21. The van der Waals surface area contributed by atoms with E-state index < -0.39 is 0 Å². The average Bonchev–Trinajstić information content (AvgIpc) is 3.08. The van der Waals surface area contributed by atoms with E-state index in [-0.39, 0.29) is 6.04 Å². The van der Waals surface area contributed by atoms with Crippen LogP contribution in [0.5, 0.6) is 0 Å². The number of furan rings is 1. The molecular formula is C16H17N3O2. The molecular weight excluding hydrogens is 266 g/mol. The van der Waals surface area contributed by atoms with E-state index in [0.29, 0.717) is 11.8 Å². The van der Waals surface area contributed by atoms with E-state index in [9.17, 15) is 0 Å². The Morgan fingerprint density at radius 2 is 1.81 bits per heavy atom. The zero-order valence-electron chi connectivity index (χ0n) is 12.3. The van der Waals surface area contributed by atoms with Crippen LogP contribution < -0.4 is 5.32 Å². The van der Waals surface area contributed by atoms with Crippen LogP contribution >= 0.6 is 0 Å². The molecule has 3 rings (SSSR count). The SMILES string of the molecule is CNC(c1ccccc1)c1nnc(-c2cc(C)oc2C)o1. The summed E-state index contributed by atoms with van der Waals surface area (Å²) in [5.74, 6) is 2.63. The van der Waals surface area contributed by atoms with Crippen molar-refractivity contribution in [3.8, 4) is 11.5 Å². The summed E-state index contributed by atoms with van der Waals surface area (Å²) in [6.45, 7) is 3.78. The van der Waals surface area contributed by atoms with Gasteiger partial charge in [-0.2, -0.15) is 0 Å². The van der Waals surface area contributed by atoms with Gasteiger partial charge >= 0.3 is 0 Å². The highest BCUT2D eigenvalue weighted by Crippen LogP contribution is 2.28. The summed E-state index contributed by atoms with van der Waals surface area (Å²) >= 11 is 0. The molecule has 2 heterocycles. The van der Waals surface area contributed by atoms with Crippen LogP contribution in [0.3, 0.4) is 0 Å². The summed E-state index contributed by atoms with van der Waals surface area (Å²) in [5, 5.41) is 11.5. The molecule has 0 fully saturated rings. The van der Waals surface area contributed by atoms with Gasteiger partial charge in [0.15, 0.2) is 0 Å². The number of nitrogens with one attached hydrogen (secondary N) is 1. The lowest BCUT2D eigenvalue weighted by Crippen LogP contribution is -2.17. The number of hydrogen-bond donors (Lipinski definition) is 1. The lowest BCUT2D eigenvalue weighted by atomic mass is 10.1. The molecule has 5 nitrogen and oxygen atoms in total. The maximum atomic E-state index is 5.83. The van der Waals surface area contributed by atoms with Gasteiger partial charge in [-0.05, 0) is 32.5 Å². The van der Waals surface area contributed by atoms with E-state index in [2.05, 4.69) is 15.5 Å². The Hall–Kier alpha value is -2.40. The summed E-state index contributed by atoms with van der Waals surface area (Å²) in [5.41, 5.74) is 1.92. The third-order valence-electron chi connectivity index (χ3n) is 3.38. The third-order valence-corrected chi connectivity index (χ3v) is 3.38. The van der Waals surface area contributed by atoms with Crippen molar-refractivity contribution in [3.63, 3.8) is 0 Å². The first-order valence-electron chi connectivity index (χ1n) is 6.82. The van der Waals surface area contributed by atoms with Crippen LogP contribution in [0.25, 0.3) is 11.5 Å². The van der Waals surface area contributed by atoms with Gasteiger partial charge in [-0.15, -0.1) is 10.2 Å². The molecule has 1 atom stereocenters. The summed E-state index contributed by atoms with van der Waals surface area (Å²) in [6.07, 6.45) is 0. The van der Waals surface area contributed by atoms with Crippen LogP contribution in [0.15, 0.2) is 45.2 Å². The minimum absolute atomic E-state index is 0.124. The molecule has 0 saturated carbocycles. The zero-order valence-corrected chi connectivity index (χ0v) is 12.3. The minimum Gasteiger partial charge on any atom is -0.466 e. The topological polar surface area (TPSA) is 64.1 Å². The summed E-state index contributed by atoms with van der Waals surface area (Å²) in [4.78, 5) is 0. The highest BCUT2D eigenvalue weighted by molar-refractivity contribution is 5.55. The minimum atomic E-state index is -0.124. The van der Waals surface area contributed by atoms with Crippen molar-refractivity contribution in [1.82, 2.24) is 15.5 Å². The molecule has 1 aromatic carbocycles. The van der Waals surface area contributed by atoms with E-state index in [1.165, 1.54) is 0 Å². The Morgan fingerprint density at radius 3 is 2.43 bits per heavy atom. The molecule has 0 radical (unpaired) electrons. The second-order valence-corrected chi connectivity index (χ2v) is 4.90. The molecule has 2 aromatic heterocycles. The monoisotopic (exact) mass is 283 g/mol. The Labute approximate surface area is 123 Å². The van der Waals surface area contributed by atoms with Gasteiger partial charge in [-0.25, -0.2) is 0 Å². The van der Waals surface area contributed by atoms with Crippen LogP contribution in [-0.2, 0) is 0 Å². The molecule has 0 spiro atoms. The second kappa shape index (κ2) is 5.54. The van der Waals surface area contributed by atoms with Gasteiger partial charge in [-0.1, -0.05) is 30.3 Å². The van der Waals surface area contributed by atoms with Crippen LogP contribution in [-0.4, -0.2) is 17.2 Å². The van der Waals surface area contributed by atoms with E-state index in [4.69, 9.17) is 8.83 Å². The fourth-order valence-corrected chi connectivity index (χ4v) is 2.38. The highest BCUT2D eigenvalue weighted by atomic mass is 16.4. The average molecular weight is 283 g/mol. The third kappa shape index (κ3) is 2.60. The molecule has 1 N–H and O–H groups in total. The lowest BCUT2D eigenvalue weighted by Gasteiger charge is -2.11. The smallest absolute Gasteiger partial charge is 0.251 e. The predicted molar refractivity (Wildman–Crippen MR) is 78.8 cm³/mol. The molecule has 108 valence electrons. The van der Waals surface area contributed by atoms with Crippen LogP contribution in [0, 0.1) is 13.8 Å². The number of aromatic nitrogens is 2. The molecule has 21 heavy (non-hydrogen) atoms. The van der Waals surface area contributed by atoms with Gasteiger partial charge in [0.2, 0.25) is 5.89 Å². The number of benzene rings is 1. The van der Waals surface area contributed by atoms with E-state index in [0.717, 1.165) is 22.6 Å². The number of nitrogens with zero attached hydrogens (tertiary/aromatic N) is 2. The molecule has 5 heteroatoms.